The molecule has 1 aliphatic heterocycles. The SMILES string of the molecule is CCN1C(=O)S/C(=C\c2ccc(OCC(=O)Nc3ccc(C)c(C)c3)cc2)C1=O. The number of benzene rings is 2. The highest BCUT2D eigenvalue weighted by Gasteiger charge is 2.33. The maximum atomic E-state index is 12.1. The third kappa shape index (κ3) is 5.06. The molecule has 0 spiro atoms. The molecule has 1 fully saturated rings. The number of carbonyl (C=O) groups excluding carboxylic acids is 3. The Morgan fingerprint density at radius 3 is 2.45 bits per heavy atom. The van der Waals surface area contributed by atoms with Crippen molar-refractivity contribution < 1.29 is 19.1 Å². The largest absolute Gasteiger partial charge is 0.484 e. The lowest BCUT2D eigenvalue weighted by Gasteiger charge is -2.09. The second kappa shape index (κ2) is 8.96. The molecule has 2 aromatic carbocycles. The quantitative estimate of drug-likeness (QED) is 0.716. The number of hydrogen-bond acceptors (Lipinski definition) is 5. The summed E-state index contributed by atoms with van der Waals surface area (Å²) in [5, 5.41) is 2.56. The number of carbonyl (C=O) groups is 3. The van der Waals surface area contributed by atoms with E-state index in [0.717, 1.165) is 28.6 Å². The van der Waals surface area contributed by atoms with E-state index in [-0.39, 0.29) is 23.7 Å². The molecule has 0 unspecified atom stereocenters. The Hall–Kier alpha value is -3.06. The highest BCUT2D eigenvalue weighted by molar-refractivity contribution is 8.18. The van der Waals surface area contributed by atoms with Crippen LogP contribution in [0.1, 0.15) is 23.6 Å². The van der Waals surface area contributed by atoms with Crippen molar-refractivity contribution in [1.82, 2.24) is 4.90 Å². The number of nitrogens with one attached hydrogen (secondary N) is 1. The van der Waals surface area contributed by atoms with Crippen molar-refractivity contribution in [2.75, 3.05) is 18.5 Å². The van der Waals surface area contributed by atoms with Crippen molar-refractivity contribution in [2.45, 2.75) is 20.8 Å². The molecular weight excluding hydrogens is 388 g/mol. The molecular formula is C22H22N2O4S. The molecule has 150 valence electrons. The Morgan fingerprint density at radius 2 is 1.83 bits per heavy atom. The highest BCUT2D eigenvalue weighted by atomic mass is 32.2. The van der Waals surface area contributed by atoms with E-state index in [1.165, 1.54) is 10.5 Å². The van der Waals surface area contributed by atoms with Gasteiger partial charge in [0.05, 0.1) is 4.91 Å². The maximum absolute atomic E-state index is 12.1. The number of ether oxygens (including phenoxy) is 1. The van der Waals surface area contributed by atoms with Crippen LogP contribution in [0.2, 0.25) is 0 Å². The lowest BCUT2D eigenvalue weighted by Crippen LogP contribution is -2.27. The van der Waals surface area contributed by atoms with Gasteiger partial charge >= 0.3 is 0 Å². The van der Waals surface area contributed by atoms with Gasteiger partial charge in [0.2, 0.25) is 0 Å². The number of rotatable bonds is 6. The van der Waals surface area contributed by atoms with Crippen LogP contribution in [0.3, 0.4) is 0 Å². The molecule has 0 bridgehead atoms. The normalized spacial score (nSPS) is 15.1. The topological polar surface area (TPSA) is 75.7 Å². The second-order valence-corrected chi connectivity index (χ2v) is 7.62. The van der Waals surface area contributed by atoms with Crippen LogP contribution in [0, 0.1) is 13.8 Å². The molecule has 2 aromatic rings. The molecule has 0 aromatic heterocycles. The minimum Gasteiger partial charge on any atom is -0.484 e. The molecule has 29 heavy (non-hydrogen) atoms. The highest BCUT2D eigenvalue weighted by Crippen LogP contribution is 2.32. The number of nitrogens with zero attached hydrogens (tertiary/aromatic N) is 1. The standard InChI is InChI=1S/C22H22N2O4S/c1-4-24-21(26)19(29-22(24)27)12-16-6-9-18(10-7-16)28-13-20(25)23-17-8-5-14(2)15(3)11-17/h5-12H,4,13H2,1-3H3,(H,23,25)/b19-12-. The van der Waals surface area contributed by atoms with Gasteiger partial charge in [0, 0.05) is 12.2 Å². The Balaban J connectivity index is 1.56. The van der Waals surface area contributed by atoms with Crippen LogP contribution in [0.15, 0.2) is 47.4 Å². The molecule has 3 amide bonds. The van der Waals surface area contributed by atoms with Crippen LogP contribution < -0.4 is 10.1 Å². The Labute approximate surface area is 173 Å². The molecule has 7 heteroatoms. The van der Waals surface area contributed by atoms with E-state index in [1.807, 2.05) is 32.0 Å². The first-order valence-corrected chi connectivity index (χ1v) is 10.0. The number of anilines is 1. The van der Waals surface area contributed by atoms with Crippen molar-refractivity contribution in [3.8, 4) is 5.75 Å². The van der Waals surface area contributed by atoms with Crippen LogP contribution in [0.25, 0.3) is 6.08 Å². The van der Waals surface area contributed by atoms with Gasteiger partial charge in [-0.3, -0.25) is 19.3 Å². The second-order valence-electron chi connectivity index (χ2n) is 6.63. The van der Waals surface area contributed by atoms with E-state index >= 15 is 0 Å². The smallest absolute Gasteiger partial charge is 0.293 e. The molecule has 0 aliphatic carbocycles. The zero-order valence-electron chi connectivity index (χ0n) is 16.5. The lowest BCUT2D eigenvalue weighted by molar-refractivity contribution is -0.122. The van der Waals surface area contributed by atoms with Gasteiger partial charge < -0.3 is 10.1 Å². The van der Waals surface area contributed by atoms with Gasteiger partial charge in [-0.1, -0.05) is 18.2 Å². The summed E-state index contributed by atoms with van der Waals surface area (Å²) in [6.45, 7) is 6.02. The summed E-state index contributed by atoms with van der Waals surface area (Å²) in [6.07, 6.45) is 1.68. The first-order valence-electron chi connectivity index (χ1n) is 9.22. The number of imide groups is 1. The predicted octanol–water partition coefficient (Wildman–Crippen LogP) is 4.38. The summed E-state index contributed by atoms with van der Waals surface area (Å²) in [5.41, 5.74) is 3.78. The molecule has 1 saturated heterocycles. The summed E-state index contributed by atoms with van der Waals surface area (Å²) >= 11 is 0.937. The molecule has 1 N–H and O–H groups in total. The fourth-order valence-corrected chi connectivity index (χ4v) is 3.65. The molecule has 1 heterocycles. The van der Waals surface area contributed by atoms with E-state index in [0.29, 0.717) is 17.2 Å². The Bertz CT molecular complexity index is 983. The monoisotopic (exact) mass is 410 g/mol. The summed E-state index contributed by atoms with van der Waals surface area (Å²) in [7, 11) is 0. The first kappa shape index (κ1) is 20.7. The number of hydrogen-bond donors (Lipinski definition) is 1. The zero-order valence-corrected chi connectivity index (χ0v) is 17.3. The van der Waals surface area contributed by atoms with Crippen molar-refractivity contribution >= 4 is 40.6 Å². The zero-order chi connectivity index (χ0) is 21.0. The molecule has 3 rings (SSSR count). The van der Waals surface area contributed by atoms with Crippen LogP contribution in [0.4, 0.5) is 10.5 Å². The number of aryl methyl sites for hydroxylation is 2. The van der Waals surface area contributed by atoms with Crippen molar-refractivity contribution in [2.24, 2.45) is 0 Å². The molecule has 0 saturated carbocycles. The minimum atomic E-state index is -0.272. The van der Waals surface area contributed by atoms with Gasteiger partial charge in [-0.2, -0.15) is 0 Å². The predicted molar refractivity (Wildman–Crippen MR) is 115 cm³/mol. The molecule has 0 atom stereocenters. The van der Waals surface area contributed by atoms with Gasteiger partial charge in [0.25, 0.3) is 17.1 Å². The molecule has 6 nitrogen and oxygen atoms in total. The Morgan fingerprint density at radius 1 is 1.10 bits per heavy atom. The lowest BCUT2D eigenvalue weighted by atomic mass is 10.1. The Kier molecular flexibility index (Phi) is 6.39. The van der Waals surface area contributed by atoms with Crippen LogP contribution in [-0.4, -0.2) is 35.1 Å². The summed E-state index contributed by atoms with van der Waals surface area (Å²) in [4.78, 5) is 37.6. The van der Waals surface area contributed by atoms with E-state index in [2.05, 4.69) is 5.32 Å². The van der Waals surface area contributed by atoms with E-state index in [4.69, 9.17) is 4.74 Å². The fourth-order valence-electron chi connectivity index (χ4n) is 2.75. The van der Waals surface area contributed by atoms with E-state index < -0.39 is 0 Å². The van der Waals surface area contributed by atoms with Gasteiger partial charge in [-0.25, -0.2) is 0 Å². The molecule has 1 aliphatic rings. The van der Waals surface area contributed by atoms with Gasteiger partial charge in [-0.05, 0) is 79.6 Å². The minimum absolute atomic E-state index is 0.109. The third-order valence-corrected chi connectivity index (χ3v) is 5.44. The van der Waals surface area contributed by atoms with Crippen molar-refractivity contribution in [3.63, 3.8) is 0 Å². The van der Waals surface area contributed by atoms with Gasteiger partial charge in [0.1, 0.15) is 5.75 Å². The fraction of sp³-hybridized carbons (Fsp3) is 0.227. The molecule has 0 radical (unpaired) electrons. The van der Waals surface area contributed by atoms with E-state index in [1.54, 1.807) is 37.3 Å². The maximum Gasteiger partial charge on any atom is 0.293 e. The van der Waals surface area contributed by atoms with E-state index in [9.17, 15) is 14.4 Å². The summed E-state index contributed by atoms with van der Waals surface area (Å²) in [5.74, 6) is 0.0236. The average Bonchev–Trinajstić information content (AvgIpc) is 2.96. The number of amides is 3. The summed E-state index contributed by atoms with van der Waals surface area (Å²) < 4.78 is 5.52. The first-order chi connectivity index (χ1) is 13.9. The van der Waals surface area contributed by atoms with Gasteiger partial charge in [0.15, 0.2) is 6.61 Å². The number of likely N-dealkylation sites (N-methyl/N-ethyl adjacent to an activating group) is 1. The number of thioether (sulfide) groups is 1. The third-order valence-electron chi connectivity index (χ3n) is 4.53. The van der Waals surface area contributed by atoms with Gasteiger partial charge in [-0.15, -0.1) is 0 Å². The van der Waals surface area contributed by atoms with Crippen molar-refractivity contribution in [3.05, 3.63) is 64.1 Å². The summed E-state index contributed by atoms with van der Waals surface area (Å²) in [6, 6.07) is 12.7. The van der Waals surface area contributed by atoms with Crippen LogP contribution >= 0.6 is 11.8 Å². The van der Waals surface area contributed by atoms with Crippen LogP contribution in [-0.2, 0) is 9.59 Å². The average molecular weight is 410 g/mol. The van der Waals surface area contributed by atoms with Crippen LogP contribution in [0.5, 0.6) is 5.75 Å². The van der Waals surface area contributed by atoms with Crippen molar-refractivity contribution in [1.29, 1.82) is 0 Å².